The highest BCUT2D eigenvalue weighted by atomic mass is 32.1. The minimum absolute atomic E-state index is 0.0419. The lowest BCUT2D eigenvalue weighted by Gasteiger charge is -2.36. The van der Waals surface area contributed by atoms with Crippen LogP contribution in [0, 0.1) is 0 Å². The van der Waals surface area contributed by atoms with E-state index in [1.165, 1.54) is 108 Å². The van der Waals surface area contributed by atoms with Crippen LogP contribution in [0.5, 0.6) is 0 Å². The topological polar surface area (TPSA) is 7.65 Å². The molecule has 1 atom stereocenters. The van der Waals surface area contributed by atoms with Crippen LogP contribution >= 0.6 is 11.3 Å². The van der Waals surface area contributed by atoms with Crippen LogP contribution in [0.3, 0.4) is 0 Å². The number of rotatable bonds is 7. The average molecular weight is 847 g/mol. The molecule has 13 rings (SSSR count). The molecule has 0 radical (unpaired) electrons. The highest BCUT2D eigenvalue weighted by Crippen LogP contribution is 2.45. The zero-order valence-electron chi connectivity index (χ0n) is 35.6. The van der Waals surface area contributed by atoms with Gasteiger partial charge in [-0.1, -0.05) is 194 Å². The lowest BCUT2D eigenvalue weighted by Crippen LogP contribution is -2.31. The number of aromatic nitrogens is 1. The molecule has 65 heavy (non-hydrogen) atoms. The van der Waals surface area contributed by atoms with E-state index < -0.39 is 0 Å². The largest absolute Gasteiger partial charge is 0.334 e. The third-order valence-electron chi connectivity index (χ3n) is 13.5. The molecule has 1 unspecified atom stereocenters. The minimum atomic E-state index is 0.0419. The van der Waals surface area contributed by atoms with E-state index in [1.807, 2.05) is 11.3 Å². The molecule has 0 saturated heterocycles. The Morgan fingerprint density at radius 2 is 0.938 bits per heavy atom. The number of hydrogen-bond acceptors (Lipinski definition) is 2. The fraction of sp³-hybridized carbons (Fsp3) is 0.0323. The number of thiazole rings is 1. The Bertz CT molecular complexity index is 3800. The summed E-state index contributed by atoms with van der Waals surface area (Å²) in [7, 11) is 0. The molecule has 1 aliphatic carbocycles. The van der Waals surface area contributed by atoms with Crippen molar-refractivity contribution in [3.05, 3.63) is 248 Å². The van der Waals surface area contributed by atoms with E-state index in [2.05, 4.69) is 246 Å². The van der Waals surface area contributed by atoms with Crippen molar-refractivity contribution in [3.63, 3.8) is 0 Å². The van der Waals surface area contributed by atoms with Crippen LogP contribution < -0.4 is 4.90 Å². The maximum Gasteiger partial charge on any atom is 0.109 e. The summed E-state index contributed by atoms with van der Waals surface area (Å²) >= 11 is 1.88. The van der Waals surface area contributed by atoms with Crippen molar-refractivity contribution in [2.45, 2.75) is 12.5 Å². The van der Waals surface area contributed by atoms with E-state index in [0.717, 1.165) is 12.1 Å². The normalized spacial score (nSPS) is 14.1. The second-order valence-corrected chi connectivity index (χ2v) is 18.2. The maximum absolute atomic E-state index is 2.58. The number of allylic oxidation sites excluding steroid dienone is 2. The van der Waals surface area contributed by atoms with E-state index in [0.29, 0.717) is 0 Å². The van der Waals surface area contributed by atoms with Gasteiger partial charge in [-0.05, 0) is 120 Å². The van der Waals surface area contributed by atoms with E-state index in [9.17, 15) is 0 Å². The molecule has 10 aromatic carbocycles. The van der Waals surface area contributed by atoms with Crippen molar-refractivity contribution in [1.82, 2.24) is 4.40 Å². The molecule has 0 amide bonds. The summed E-state index contributed by atoms with van der Waals surface area (Å²) in [6.07, 6.45) is 5.75. The van der Waals surface area contributed by atoms with Crippen molar-refractivity contribution in [1.29, 1.82) is 0 Å². The van der Waals surface area contributed by atoms with Crippen molar-refractivity contribution in [2.75, 3.05) is 4.90 Å². The SMILES string of the molecule is C1=C(c2ccccc2)C=C(c2ccccc2)CC1N(c1ccc(-c2ccc3c(c2)sc2c(-c4ccccc4)c4ccccc4n23)cc1)c1ccc2c3ccccc3c3ccccc3c2c1. The van der Waals surface area contributed by atoms with E-state index in [-0.39, 0.29) is 6.04 Å². The summed E-state index contributed by atoms with van der Waals surface area (Å²) in [4.78, 5) is 3.86. The third kappa shape index (κ3) is 6.31. The van der Waals surface area contributed by atoms with Crippen molar-refractivity contribution in [3.8, 4) is 22.3 Å². The monoisotopic (exact) mass is 846 g/mol. The Morgan fingerprint density at radius 1 is 0.400 bits per heavy atom. The smallest absolute Gasteiger partial charge is 0.109 e. The first-order chi connectivity index (χ1) is 32.2. The molecule has 0 bridgehead atoms. The maximum atomic E-state index is 2.58. The van der Waals surface area contributed by atoms with Crippen LogP contribution in [0.15, 0.2) is 237 Å². The first kappa shape index (κ1) is 37.6. The van der Waals surface area contributed by atoms with Gasteiger partial charge in [-0.2, -0.15) is 0 Å². The van der Waals surface area contributed by atoms with Gasteiger partial charge in [-0.15, -0.1) is 11.3 Å². The molecule has 1 aliphatic rings. The second kappa shape index (κ2) is 15.4. The molecule has 3 heteroatoms. The zero-order chi connectivity index (χ0) is 42.8. The van der Waals surface area contributed by atoms with Crippen LogP contribution in [0.2, 0.25) is 0 Å². The summed E-state index contributed by atoms with van der Waals surface area (Å²) in [6.45, 7) is 0. The number of hydrogen-bond donors (Lipinski definition) is 0. The molecule has 2 heterocycles. The molecular weight excluding hydrogens is 805 g/mol. The van der Waals surface area contributed by atoms with Gasteiger partial charge in [0, 0.05) is 22.3 Å². The first-order valence-electron chi connectivity index (χ1n) is 22.5. The van der Waals surface area contributed by atoms with Crippen molar-refractivity contribution < 1.29 is 0 Å². The first-order valence-corrected chi connectivity index (χ1v) is 23.3. The highest BCUT2D eigenvalue weighted by molar-refractivity contribution is 7.24. The standard InChI is InChI=1S/C62H42N2S/c1-4-16-41(17-5-1)46-36-47(42-18-6-2-7-19-42)38-50(37-46)63(49-33-34-55-53-24-11-10-22-51(53)52-23-12-13-25-54(52)57(55)40-49)48-31-28-43(29-32-48)45-30-35-59-60(39-45)65-62-61(44-20-8-3-9-21-44)56-26-14-15-27-58(56)64(59)62/h1-37,39-40,50H,38H2. The van der Waals surface area contributed by atoms with Crippen molar-refractivity contribution in [2.24, 2.45) is 0 Å². The Balaban J connectivity index is 0.961. The predicted molar refractivity (Wildman–Crippen MR) is 280 cm³/mol. The van der Waals surface area contributed by atoms with Crippen LogP contribution in [-0.2, 0) is 0 Å². The fourth-order valence-electron chi connectivity index (χ4n) is 10.5. The molecule has 0 saturated carbocycles. The Labute approximate surface area is 381 Å². The average Bonchev–Trinajstić information content (AvgIpc) is 3.91. The van der Waals surface area contributed by atoms with Crippen molar-refractivity contribution >= 4 is 92.1 Å². The summed E-state index contributed by atoms with van der Waals surface area (Å²) in [5.41, 5.74) is 14.9. The Morgan fingerprint density at radius 3 is 1.62 bits per heavy atom. The van der Waals surface area contributed by atoms with Gasteiger partial charge in [-0.3, -0.25) is 4.40 Å². The van der Waals surface area contributed by atoms with Gasteiger partial charge in [0.2, 0.25) is 0 Å². The Kier molecular flexibility index (Phi) is 8.89. The molecule has 0 aliphatic heterocycles. The Hall–Kier alpha value is -7.98. The highest BCUT2D eigenvalue weighted by Gasteiger charge is 2.26. The number of benzene rings is 10. The predicted octanol–water partition coefficient (Wildman–Crippen LogP) is 17.2. The van der Waals surface area contributed by atoms with Gasteiger partial charge in [0.15, 0.2) is 0 Å². The molecule has 12 aromatic rings. The lowest BCUT2D eigenvalue weighted by atomic mass is 9.86. The molecule has 2 nitrogen and oxygen atoms in total. The van der Waals surface area contributed by atoms with Gasteiger partial charge in [0.05, 0.1) is 21.8 Å². The minimum Gasteiger partial charge on any atom is -0.334 e. The quantitative estimate of drug-likeness (QED) is 0.145. The molecule has 306 valence electrons. The zero-order valence-corrected chi connectivity index (χ0v) is 36.4. The van der Waals surface area contributed by atoms with Crippen LogP contribution in [0.1, 0.15) is 17.5 Å². The molecule has 2 aromatic heterocycles. The number of anilines is 2. The van der Waals surface area contributed by atoms with E-state index in [1.54, 1.807) is 0 Å². The summed E-state index contributed by atoms with van der Waals surface area (Å²) in [5, 5.41) is 8.97. The number of para-hydroxylation sites is 1. The molecular formula is C62H42N2S. The van der Waals surface area contributed by atoms with Crippen LogP contribution in [-0.4, -0.2) is 10.4 Å². The number of nitrogens with zero attached hydrogens (tertiary/aromatic N) is 2. The second-order valence-electron chi connectivity index (χ2n) is 17.2. The third-order valence-corrected chi connectivity index (χ3v) is 14.6. The molecule has 0 N–H and O–H groups in total. The van der Waals surface area contributed by atoms with Gasteiger partial charge in [0.1, 0.15) is 4.83 Å². The van der Waals surface area contributed by atoms with Gasteiger partial charge in [-0.25, -0.2) is 0 Å². The van der Waals surface area contributed by atoms with Gasteiger partial charge in [0.25, 0.3) is 0 Å². The van der Waals surface area contributed by atoms with Crippen LogP contribution in [0.4, 0.5) is 11.4 Å². The van der Waals surface area contributed by atoms with Crippen LogP contribution in [0.25, 0.3) is 91.7 Å². The number of fused-ring (bicyclic) bond motifs is 11. The summed E-state index contributed by atoms with van der Waals surface area (Å²) in [5.74, 6) is 0. The van der Waals surface area contributed by atoms with E-state index in [4.69, 9.17) is 0 Å². The fourth-order valence-corrected chi connectivity index (χ4v) is 11.8. The van der Waals surface area contributed by atoms with E-state index >= 15 is 0 Å². The molecule has 0 spiro atoms. The lowest BCUT2D eigenvalue weighted by molar-refractivity contribution is 0.798. The summed E-state index contributed by atoms with van der Waals surface area (Å²) < 4.78 is 3.74. The summed E-state index contributed by atoms with van der Waals surface area (Å²) in [6, 6.07) is 82.6. The van der Waals surface area contributed by atoms with Gasteiger partial charge >= 0.3 is 0 Å². The molecule has 0 fully saturated rings. The van der Waals surface area contributed by atoms with Gasteiger partial charge < -0.3 is 4.90 Å².